The fourth-order valence-electron chi connectivity index (χ4n) is 4.12. The molecule has 4 rings (SSSR count). The second-order valence-corrected chi connectivity index (χ2v) is 8.97. The predicted octanol–water partition coefficient (Wildman–Crippen LogP) is 4.74. The van der Waals surface area contributed by atoms with Gasteiger partial charge in [-0.05, 0) is 85.7 Å². The highest BCUT2D eigenvalue weighted by atomic mass is 79.9. The van der Waals surface area contributed by atoms with Gasteiger partial charge in [0.1, 0.15) is 5.82 Å². The molecular formula is C23H31BrN6. The van der Waals surface area contributed by atoms with Gasteiger partial charge in [0.15, 0.2) is 5.65 Å². The van der Waals surface area contributed by atoms with Gasteiger partial charge in [-0.2, -0.15) is 5.10 Å². The molecule has 6 nitrogen and oxygen atoms in total. The third-order valence-corrected chi connectivity index (χ3v) is 6.36. The lowest BCUT2D eigenvalue weighted by Crippen LogP contribution is -2.30. The highest BCUT2D eigenvalue weighted by Crippen LogP contribution is 2.21. The lowest BCUT2D eigenvalue weighted by molar-refractivity contribution is 0.224. The standard InChI is InChI=1S/C23H31BrN6/c24-21-18-27-30-20(10-9-19-8-7-11-25-17-19)16-22(28-23(21)30)26-12-3-1-4-13-29-14-5-2-6-15-29/h7-8,11,16-18H,1-6,9-10,12-15H2,(H,26,28). The van der Waals surface area contributed by atoms with Gasteiger partial charge in [0, 0.05) is 30.7 Å². The summed E-state index contributed by atoms with van der Waals surface area (Å²) < 4.78 is 2.86. The molecule has 3 aromatic heterocycles. The molecule has 30 heavy (non-hydrogen) atoms. The highest BCUT2D eigenvalue weighted by Gasteiger charge is 2.11. The largest absolute Gasteiger partial charge is 0.370 e. The summed E-state index contributed by atoms with van der Waals surface area (Å²) in [5.74, 6) is 0.931. The van der Waals surface area contributed by atoms with E-state index in [0.29, 0.717) is 0 Å². The molecule has 1 fully saturated rings. The Bertz CT molecular complexity index is 920. The number of nitrogens with zero attached hydrogens (tertiary/aromatic N) is 5. The van der Waals surface area contributed by atoms with E-state index in [1.165, 1.54) is 63.7 Å². The van der Waals surface area contributed by atoms with E-state index in [-0.39, 0.29) is 0 Å². The molecule has 0 radical (unpaired) electrons. The topological polar surface area (TPSA) is 58.4 Å². The molecule has 0 unspecified atom stereocenters. The molecule has 0 aliphatic carbocycles. The molecule has 3 aromatic rings. The Kier molecular flexibility index (Phi) is 7.70. The van der Waals surface area contributed by atoms with Crippen molar-refractivity contribution in [2.45, 2.75) is 51.4 Å². The molecule has 0 aromatic carbocycles. The number of aromatic nitrogens is 4. The molecule has 0 amide bonds. The molecule has 1 N–H and O–H groups in total. The lowest BCUT2D eigenvalue weighted by atomic mass is 10.1. The zero-order chi connectivity index (χ0) is 20.6. The number of unbranched alkanes of at least 4 members (excludes halogenated alkanes) is 2. The zero-order valence-corrected chi connectivity index (χ0v) is 19.1. The van der Waals surface area contributed by atoms with Crippen molar-refractivity contribution in [1.29, 1.82) is 0 Å². The van der Waals surface area contributed by atoms with Crippen molar-refractivity contribution in [3.8, 4) is 0 Å². The molecule has 0 bridgehead atoms. The Morgan fingerprint density at radius 1 is 1.03 bits per heavy atom. The van der Waals surface area contributed by atoms with Crippen LogP contribution in [0.2, 0.25) is 0 Å². The molecule has 1 aliphatic rings. The normalized spacial score (nSPS) is 15.0. The van der Waals surface area contributed by atoms with Crippen LogP contribution in [0.3, 0.4) is 0 Å². The van der Waals surface area contributed by atoms with E-state index in [2.05, 4.69) is 48.4 Å². The number of likely N-dealkylation sites (tertiary alicyclic amines) is 1. The van der Waals surface area contributed by atoms with Crippen LogP contribution >= 0.6 is 15.9 Å². The van der Waals surface area contributed by atoms with E-state index in [9.17, 15) is 0 Å². The van der Waals surface area contributed by atoms with Gasteiger partial charge in [0.25, 0.3) is 0 Å². The van der Waals surface area contributed by atoms with Crippen LogP contribution in [0.1, 0.15) is 49.8 Å². The molecule has 7 heteroatoms. The Morgan fingerprint density at radius 3 is 2.77 bits per heavy atom. The number of nitrogens with one attached hydrogen (secondary N) is 1. The van der Waals surface area contributed by atoms with Gasteiger partial charge in [-0.15, -0.1) is 0 Å². The van der Waals surface area contributed by atoms with Gasteiger partial charge in [-0.1, -0.05) is 18.9 Å². The summed E-state index contributed by atoms with van der Waals surface area (Å²) in [4.78, 5) is 11.6. The van der Waals surface area contributed by atoms with Gasteiger partial charge in [-0.25, -0.2) is 9.50 Å². The van der Waals surface area contributed by atoms with Crippen LogP contribution in [-0.2, 0) is 12.8 Å². The minimum absolute atomic E-state index is 0.867. The number of rotatable bonds is 10. The molecule has 0 atom stereocenters. The van der Waals surface area contributed by atoms with E-state index in [1.807, 2.05) is 29.2 Å². The number of pyridine rings is 1. The molecular weight excluding hydrogens is 440 g/mol. The SMILES string of the molecule is Brc1cnn2c(CCc3cccnc3)cc(NCCCCCN3CCCCC3)nc12. The maximum Gasteiger partial charge on any atom is 0.171 e. The molecule has 4 heterocycles. The fourth-order valence-corrected chi connectivity index (χ4v) is 4.47. The average Bonchev–Trinajstić information content (AvgIpc) is 3.17. The summed E-state index contributed by atoms with van der Waals surface area (Å²) in [6.07, 6.45) is 15.3. The van der Waals surface area contributed by atoms with Crippen molar-refractivity contribution < 1.29 is 0 Å². The van der Waals surface area contributed by atoms with Crippen molar-refractivity contribution >= 4 is 27.4 Å². The summed E-state index contributed by atoms with van der Waals surface area (Å²) in [5.41, 5.74) is 3.25. The smallest absolute Gasteiger partial charge is 0.171 e. The number of hydrogen-bond donors (Lipinski definition) is 1. The second kappa shape index (κ2) is 10.9. The highest BCUT2D eigenvalue weighted by molar-refractivity contribution is 9.10. The lowest BCUT2D eigenvalue weighted by Gasteiger charge is -2.26. The van der Waals surface area contributed by atoms with Gasteiger partial charge >= 0.3 is 0 Å². The van der Waals surface area contributed by atoms with E-state index in [4.69, 9.17) is 4.98 Å². The van der Waals surface area contributed by atoms with Crippen molar-refractivity contribution in [3.63, 3.8) is 0 Å². The first-order chi connectivity index (χ1) is 14.8. The first-order valence-electron chi connectivity index (χ1n) is 11.2. The van der Waals surface area contributed by atoms with Gasteiger partial charge in [0.05, 0.1) is 10.7 Å². The van der Waals surface area contributed by atoms with Crippen molar-refractivity contribution in [2.75, 3.05) is 31.5 Å². The number of aryl methyl sites for hydroxylation is 2. The van der Waals surface area contributed by atoms with Gasteiger partial charge < -0.3 is 10.2 Å². The number of hydrogen-bond acceptors (Lipinski definition) is 5. The zero-order valence-electron chi connectivity index (χ0n) is 17.6. The number of halogens is 1. The van der Waals surface area contributed by atoms with E-state index >= 15 is 0 Å². The average molecular weight is 471 g/mol. The molecule has 160 valence electrons. The number of anilines is 1. The van der Waals surface area contributed by atoms with Crippen LogP contribution in [0, 0.1) is 0 Å². The Morgan fingerprint density at radius 2 is 1.93 bits per heavy atom. The van der Waals surface area contributed by atoms with E-state index in [0.717, 1.165) is 41.0 Å². The predicted molar refractivity (Wildman–Crippen MR) is 125 cm³/mol. The van der Waals surface area contributed by atoms with Crippen LogP contribution in [-0.4, -0.2) is 50.7 Å². The Labute approximate surface area is 187 Å². The third kappa shape index (κ3) is 5.79. The summed E-state index contributed by atoms with van der Waals surface area (Å²) in [6, 6.07) is 6.24. The number of fused-ring (bicyclic) bond motifs is 1. The summed E-state index contributed by atoms with van der Waals surface area (Å²) in [5, 5.41) is 8.03. The minimum atomic E-state index is 0.867. The van der Waals surface area contributed by atoms with Crippen molar-refractivity contribution in [2.24, 2.45) is 0 Å². The summed E-state index contributed by atoms with van der Waals surface area (Å²) in [7, 11) is 0. The third-order valence-electron chi connectivity index (χ3n) is 5.80. The first kappa shape index (κ1) is 21.2. The second-order valence-electron chi connectivity index (χ2n) is 8.11. The van der Waals surface area contributed by atoms with E-state index in [1.54, 1.807) is 0 Å². The quantitative estimate of drug-likeness (QED) is 0.433. The molecule has 0 saturated carbocycles. The van der Waals surface area contributed by atoms with Gasteiger partial charge in [-0.3, -0.25) is 4.98 Å². The van der Waals surface area contributed by atoms with Crippen LogP contribution in [0.25, 0.3) is 5.65 Å². The maximum absolute atomic E-state index is 4.76. The first-order valence-corrected chi connectivity index (χ1v) is 12.0. The fraction of sp³-hybridized carbons (Fsp3) is 0.522. The summed E-state index contributed by atoms with van der Waals surface area (Å²) >= 11 is 3.58. The minimum Gasteiger partial charge on any atom is -0.370 e. The number of piperidine rings is 1. The van der Waals surface area contributed by atoms with Crippen LogP contribution in [0.5, 0.6) is 0 Å². The van der Waals surface area contributed by atoms with Crippen molar-refractivity contribution in [3.05, 3.63) is 52.5 Å². The van der Waals surface area contributed by atoms with E-state index < -0.39 is 0 Å². The van der Waals surface area contributed by atoms with Crippen LogP contribution < -0.4 is 5.32 Å². The summed E-state index contributed by atoms with van der Waals surface area (Å²) in [6.45, 7) is 4.80. The van der Waals surface area contributed by atoms with Gasteiger partial charge in [0.2, 0.25) is 0 Å². The van der Waals surface area contributed by atoms with Crippen LogP contribution in [0.4, 0.5) is 5.82 Å². The molecule has 1 saturated heterocycles. The Balaban J connectivity index is 1.30. The maximum atomic E-state index is 4.76. The van der Waals surface area contributed by atoms with Crippen molar-refractivity contribution in [1.82, 2.24) is 24.5 Å². The molecule has 0 spiro atoms. The molecule has 1 aliphatic heterocycles. The van der Waals surface area contributed by atoms with Crippen LogP contribution in [0.15, 0.2) is 41.3 Å². The monoisotopic (exact) mass is 470 g/mol. The Hall–Kier alpha value is -1.99.